The number of alkyl halides is 3. The minimum absolute atomic E-state index is 0. The topological polar surface area (TPSA) is 129 Å². The minimum atomic E-state index is -4.68. The van der Waals surface area contributed by atoms with Crippen molar-refractivity contribution in [1.29, 1.82) is 0 Å². The molecule has 0 saturated heterocycles. The number of carboxylic acid groups (broad SMARTS) is 1. The number of carbonyl (C=O) groups excluding carboxylic acids is 1. The van der Waals surface area contributed by atoms with Gasteiger partial charge in [-0.05, 0) is 24.3 Å². The van der Waals surface area contributed by atoms with Crippen LogP contribution in [0.2, 0.25) is 0 Å². The van der Waals surface area contributed by atoms with Gasteiger partial charge in [0.15, 0.2) is 0 Å². The molecule has 0 radical (unpaired) electrons. The van der Waals surface area contributed by atoms with Crippen molar-refractivity contribution in [1.82, 2.24) is 6.15 Å². The fourth-order valence-electron chi connectivity index (χ4n) is 2.04. The van der Waals surface area contributed by atoms with Crippen LogP contribution in [0.4, 0.5) is 18.9 Å². The maximum absolute atomic E-state index is 12.9. The molecule has 0 atom stereocenters. The Morgan fingerprint density at radius 2 is 1.76 bits per heavy atom. The third-order valence-corrected chi connectivity index (χ3v) is 3.04. The minimum Gasteiger partial charge on any atom is -0.546 e. The van der Waals surface area contributed by atoms with Crippen LogP contribution in [-0.2, 0) is 11.0 Å². The van der Waals surface area contributed by atoms with E-state index in [9.17, 15) is 33.2 Å². The molecular weight excluding hydrogens is 345 g/mol. The zero-order valence-corrected chi connectivity index (χ0v) is 12.9. The Morgan fingerprint density at radius 1 is 1.12 bits per heavy atom. The number of ether oxygens (including phenoxy) is 1. The molecule has 2 rings (SSSR count). The molecule has 0 saturated carbocycles. The number of benzene rings is 2. The van der Waals surface area contributed by atoms with E-state index in [4.69, 9.17) is 4.74 Å². The molecular formula is C15H13F3N2O5. The van der Waals surface area contributed by atoms with Gasteiger partial charge in [-0.1, -0.05) is 12.1 Å². The Bertz CT molecular complexity index is 793. The molecule has 0 fully saturated rings. The summed E-state index contributed by atoms with van der Waals surface area (Å²) in [6, 6.07) is 7.42. The van der Waals surface area contributed by atoms with Gasteiger partial charge >= 0.3 is 6.18 Å². The van der Waals surface area contributed by atoms with Crippen molar-refractivity contribution in [3.63, 3.8) is 0 Å². The van der Waals surface area contributed by atoms with E-state index in [1.807, 2.05) is 0 Å². The van der Waals surface area contributed by atoms with Gasteiger partial charge in [-0.2, -0.15) is 13.2 Å². The number of carbonyl (C=O) groups is 1. The summed E-state index contributed by atoms with van der Waals surface area (Å²) in [5, 5.41) is 21.6. The zero-order valence-electron chi connectivity index (χ0n) is 12.9. The van der Waals surface area contributed by atoms with E-state index >= 15 is 0 Å². The second kappa shape index (κ2) is 7.62. The highest BCUT2D eigenvalue weighted by Crippen LogP contribution is 2.40. The average molecular weight is 358 g/mol. The lowest BCUT2D eigenvalue weighted by Crippen LogP contribution is -2.29. The average Bonchev–Trinajstić information content (AvgIpc) is 2.51. The summed E-state index contributed by atoms with van der Waals surface area (Å²) in [6.45, 7) is -0.904. The van der Waals surface area contributed by atoms with Crippen LogP contribution in [0.3, 0.4) is 0 Å². The van der Waals surface area contributed by atoms with Crippen LogP contribution in [0, 0.1) is 10.1 Å². The standard InChI is InChI=1S/C15H10F3NO5.H3N/c16-15(17,18)9-5-6-13(24-8-14(20)21)11(7-9)10-3-1-2-4-12(10)19(22)23;/h1-7H,8H2,(H,20,21);1H3. The first-order chi connectivity index (χ1) is 11.2. The van der Waals surface area contributed by atoms with Crippen LogP contribution >= 0.6 is 0 Å². The summed E-state index contributed by atoms with van der Waals surface area (Å²) in [6.07, 6.45) is -4.68. The molecule has 0 spiro atoms. The lowest BCUT2D eigenvalue weighted by Gasteiger charge is -2.15. The van der Waals surface area contributed by atoms with E-state index < -0.39 is 34.9 Å². The zero-order chi connectivity index (χ0) is 17.9. The van der Waals surface area contributed by atoms with Crippen molar-refractivity contribution < 1.29 is 32.7 Å². The van der Waals surface area contributed by atoms with Gasteiger partial charge in [-0.15, -0.1) is 0 Å². The SMILES string of the molecule is O=C([O-])COc1ccc(C(F)(F)F)cc1-c1ccccc1[N+](=O)[O-].[NH4+]. The summed E-state index contributed by atoms with van der Waals surface area (Å²) >= 11 is 0. The van der Waals surface area contributed by atoms with Crippen LogP contribution in [0.15, 0.2) is 42.5 Å². The van der Waals surface area contributed by atoms with Gasteiger partial charge in [-0.25, -0.2) is 0 Å². The van der Waals surface area contributed by atoms with E-state index in [0.29, 0.717) is 12.1 Å². The van der Waals surface area contributed by atoms with Gasteiger partial charge in [0, 0.05) is 11.6 Å². The molecule has 0 aliphatic rings. The van der Waals surface area contributed by atoms with Crippen molar-refractivity contribution in [2.45, 2.75) is 6.18 Å². The number of aliphatic carboxylic acids is 1. The molecule has 0 amide bonds. The molecule has 0 unspecified atom stereocenters. The number of hydrogen-bond acceptors (Lipinski definition) is 5. The van der Waals surface area contributed by atoms with Crippen molar-refractivity contribution in [3.05, 3.63) is 58.1 Å². The van der Waals surface area contributed by atoms with Crippen molar-refractivity contribution in [3.8, 4) is 16.9 Å². The predicted octanol–water partition coefficient (Wildman–Crippen LogP) is 2.79. The Balaban J connectivity index is 0.00000312. The van der Waals surface area contributed by atoms with Gasteiger partial charge in [0.25, 0.3) is 5.69 Å². The van der Waals surface area contributed by atoms with Crippen LogP contribution in [0.1, 0.15) is 5.56 Å². The first-order valence-corrected chi connectivity index (χ1v) is 6.48. The summed E-state index contributed by atoms with van der Waals surface area (Å²) in [5.74, 6) is -1.81. The van der Waals surface area contributed by atoms with Crippen LogP contribution < -0.4 is 16.0 Å². The van der Waals surface area contributed by atoms with Gasteiger partial charge in [-0.3, -0.25) is 10.1 Å². The number of para-hydroxylation sites is 1. The Morgan fingerprint density at radius 3 is 2.32 bits per heavy atom. The molecule has 134 valence electrons. The van der Waals surface area contributed by atoms with E-state index in [0.717, 1.165) is 12.1 Å². The molecule has 0 bridgehead atoms. The number of nitrogens with zero attached hydrogens (tertiary/aromatic N) is 1. The molecule has 0 aliphatic carbocycles. The number of hydrogen-bond donors (Lipinski definition) is 1. The Labute approximate surface area is 139 Å². The van der Waals surface area contributed by atoms with Crippen LogP contribution in [-0.4, -0.2) is 17.5 Å². The summed E-state index contributed by atoms with van der Waals surface area (Å²) in [5.41, 5.74) is -1.84. The van der Waals surface area contributed by atoms with Gasteiger partial charge in [0.1, 0.15) is 12.4 Å². The number of halogens is 3. The fourth-order valence-corrected chi connectivity index (χ4v) is 2.04. The van der Waals surface area contributed by atoms with E-state index in [2.05, 4.69) is 0 Å². The molecule has 2 aromatic rings. The lowest BCUT2D eigenvalue weighted by atomic mass is 10.00. The first kappa shape index (κ1) is 19.9. The smallest absolute Gasteiger partial charge is 0.416 e. The highest BCUT2D eigenvalue weighted by atomic mass is 19.4. The summed E-state index contributed by atoms with van der Waals surface area (Å²) < 4.78 is 43.6. The summed E-state index contributed by atoms with van der Waals surface area (Å²) in [4.78, 5) is 20.8. The molecule has 0 aliphatic heterocycles. The molecule has 0 heterocycles. The fraction of sp³-hybridized carbons (Fsp3) is 0.133. The number of nitro groups is 1. The van der Waals surface area contributed by atoms with E-state index in [1.54, 1.807) is 0 Å². The van der Waals surface area contributed by atoms with Crippen molar-refractivity contribution in [2.24, 2.45) is 0 Å². The number of quaternary nitrogens is 1. The van der Waals surface area contributed by atoms with E-state index in [-0.39, 0.29) is 23.0 Å². The van der Waals surface area contributed by atoms with Crippen LogP contribution in [0.25, 0.3) is 11.1 Å². The summed E-state index contributed by atoms with van der Waals surface area (Å²) in [7, 11) is 0. The lowest BCUT2D eigenvalue weighted by molar-refractivity contribution is -0.384. The monoisotopic (exact) mass is 358 g/mol. The molecule has 2 aromatic carbocycles. The van der Waals surface area contributed by atoms with Crippen molar-refractivity contribution in [2.75, 3.05) is 6.61 Å². The van der Waals surface area contributed by atoms with Gasteiger partial charge in [0.2, 0.25) is 0 Å². The second-order valence-corrected chi connectivity index (χ2v) is 4.64. The highest BCUT2D eigenvalue weighted by Gasteiger charge is 2.32. The van der Waals surface area contributed by atoms with Crippen LogP contribution in [0.5, 0.6) is 5.75 Å². The second-order valence-electron chi connectivity index (χ2n) is 4.64. The molecule has 10 heteroatoms. The molecule has 4 N–H and O–H groups in total. The number of carboxylic acids is 1. The maximum Gasteiger partial charge on any atom is 0.416 e. The number of rotatable bonds is 5. The third kappa shape index (κ3) is 4.67. The highest BCUT2D eigenvalue weighted by molar-refractivity contribution is 5.79. The van der Waals surface area contributed by atoms with E-state index in [1.165, 1.54) is 18.2 Å². The third-order valence-electron chi connectivity index (χ3n) is 3.04. The Kier molecular flexibility index (Phi) is 6.07. The van der Waals surface area contributed by atoms with Gasteiger partial charge < -0.3 is 20.8 Å². The van der Waals surface area contributed by atoms with Crippen molar-refractivity contribution >= 4 is 11.7 Å². The maximum atomic E-state index is 12.9. The van der Waals surface area contributed by atoms with Gasteiger partial charge in [0.05, 0.1) is 22.0 Å². The molecule has 0 aromatic heterocycles. The predicted molar refractivity (Wildman–Crippen MR) is 80.0 cm³/mol. The number of nitro benzene ring substituents is 1. The normalized spacial score (nSPS) is 10.7. The molecule has 7 nitrogen and oxygen atoms in total. The quantitative estimate of drug-likeness (QED) is 0.649. The largest absolute Gasteiger partial charge is 0.546 e. The molecule has 25 heavy (non-hydrogen) atoms. The first-order valence-electron chi connectivity index (χ1n) is 6.48. The Hall–Kier alpha value is -3.14.